The molecule has 3 rings (SSSR count). The molecule has 2 aromatic carbocycles. The Hall–Kier alpha value is -1.94. The molecule has 1 aliphatic heterocycles. The summed E-state index contributed by atoms with van der Waals surface area (Å²) in [6.45, 7) is 0.601. The number of thioether (sulfide) groups is 1. The third-order valence-corrected chi connectivity index (χ3v) is 4.62. The number of ether oxygens (including phenoxy) is 1. The lowest BCUT2D eigenvalue weighted by Gasteiger charge is -2.21. The van der Waals surface area contributed by atoms with Gasteiger partial charge in [-0.1, -0.05) is 30.3 Å². The zero-order chi connectivity index (χ0) is 15.5. The summed E-state index contributed by atoms with van der Waals surface area (Å²) in [4.78, 5) is 15.5. The monoisotopic (exact) mass is 313 g/mol. The van der Waals surface area contributed by atoms with Crippen LogP contribution in [-0.2, 0) is 17.8 Å². The molecule has 1 aliphatic rings. The van der Waals surface area contributed by atoms with E-state index in [1.807, 2.05) is 31.3 Å². The number of rotatable bonds is 4. The molecule has 1 heterocycles. The molecule has 0 aliphatic carbocycles. The summed E-state index contributed by atoms with van der Waals surface area (Å²) in [7, 11) is 1.83. The highest BCUT2D eigenvalue weighted by molar-refractivity contribution is 7.98. The van der Waals surface area contributed by atoms with Crippen molar-refractivity contribution in [3.63, 3.8) is 0 Å². The minimum atomic E-state index is -0.395. The topological polar surface area (TPSA) is 29.5 Å². The molecular weight excluding hydrogens is 294 g/mol. The Bertz CT molecular complexity index is 644. The highest BCUT2D eigenvalue weighted by Crippen LogP contribution is 2.29. The average Bonchev–Trinajstić information content (AvgIpc) is 2.98. The minimum absolute atomic E-state index is 0.0325. The number of amides is 1. The molecule has 114 valence electrons. The quantitative estimate of drug-likeness (QED) is 0.811. The summed E-state index contributed by atoms with van der Waals surface area (Å²) in [5.41, 5.74) is 2.24. The van der Waals surface area contributed by atoms with Crippen molar-refractivity contribution in [1.29, 1.82) is 0 Å². The van der Waals surface area contributed by atoms with Gasteiger partial charge in [0, 0.05) is 24.9 Å². The van der Waals surface area contributed by atoms with Gasteiger partial charge in [0.25, 0.3) is 5.91 Å². The summed E-state index contributed by atoms with van der Waals surface area (Å²) < 4.78 is 5.77. The number of likely N-dealkylation sites (N-methyl/N-ethyl adjacent to an activating group) is 1. The number of carbonyl (C=O) groups excluding carboxylic acids is 1. The number of para-hydroxylation sites is 1. The van der Waals surface area contributed by atoms with Gasteiger partial charge in [-0.2, -0.15) is 0 Å². The molecule has 1 unspecified atom stereocenters. The molecule has 0 N–H and O–H groups in total. The van der Waals surface area contributed by atoms with Crippen molar-refractivity contribution in [2.24, 2.45) is 0 Å². The van der Waals surface area contributed by atoms with Crippen LogP contribution in [0.2, 0.25) is 0 Å². The highest BCUT2D eigenvalue weighted by Gasteiger charge is 2.30. The number of hydrogen-bond donors (Lipinski definition) is 0. The van der Waals surface area contributed by atoms with Gasteiger partial charge in [0.05, 0.1) is 0 Å². The van der Waals surface area contributed by atoms with Gasteiger partial charge in [-0.3, -0.25) is 4.79 Å². The lowest BCUT2D eigenvalue weighted by Crippen LogP contribution is -2.38. The van der Waals surface area contributed by atoms with Gasteiger partial charge in [-0.25, -0.2) is 0 Å². The van der Waals surface area contributed by atoms with E-state index in [1.165, 1.54) is 4.90 Å². The highest BCUT2D eigenvalue weighted by atomic mass is 32.2. The molecule has 0 bridgehead atoms. The number of carbonyl (C=O) groups is 1. The predicted octanol–water partition coefficient (Wildman–Crippen LogP) is 3.37. The number of nitrogens with zero attached hydrogens (tertiary/aromatic N) is 1. The van der Waals surface area contributed by atoms with E-state index >= 15 is 0 Å². The first-order valence-electron chi connectivity index (χ1n) is 7.30. The van der Waals surface area contributed by atoms with Crippen molar-refractivity contribution in [2.45, 2.75) is 24.0 Å². The second-order valence-electron chi connectivity index (χ2n) is 5.46. The lowest BCUT2D eigenvalue weighted by atomic mass is 10.1. The van der Waals surface area contributed by atoms with E-state index in [0.717, 1.165) is 16.9 Å². The Morgan fingerprint density at radius 2 is 1.95 bits per heavy atom. The molecule has 0 aromatic heterocycles. The minimum Gasteiger partial charge on any atom is -0.480 e. The zero-order valence-electron chi connectivity index (χ0n) is 12.8. The molecule has 1 atom stereocenters. The van der Waals surface area contributed by atoms with Crippen molar-refractivity contribution in [3.8, 4) is 5.75 Å². The first-order valence-corrected chi connectivity index (χ1v) is 8.52. The normalized spacial score (nSPS) is 16.0. The molecule has 4 heteroatoms. The molecular formula is C18H19NO2S. The molecule has 22 heavy (non-hydrogen) atoms. The summed E-state index contributed by atoms with van der Waals surface area (Å²) in [6.07, 6.45) is 2.32. The summed E-state index contributed by atoms with van der Waals surface area (Å²) in [5.74, 6) is 0.865. The second-order valence-corrected chi connectivity index (χ2v) is 6.34. The Morgan fingerprint density at radius 3 is 2.64 bits per heavy atom. The second kappa shape index (κ2) is 6.44. The number of fused-ring (bicyclic) bond motifs is 1. The summed E-state index contributed by atoms with van der Waals surface area (Å²) in [6, 6.07) is 16.2. The van der Waals surface area contributed by atoms with Crippen molar-refractivity contribution >= 4 is 17.7 Å². The van der Waals surface area contributed by atoms with E-state index in [4.69, 9.17) is 4.74 Å². The van der Waals surface area contributed by atoms with Crippen molar-refractivity contribution in [3.05, 3.63) is 59.7 Å². The lowest BCUT2D eigenvalue weighted by molar-refractivity contribution is -0.137. The summed E-state index contributed by atoms with van der Waals surface area (Å²) in [5, 5.41) is 0. The van der Waals surface area contributed by atoms with Gasteiger partial charge < -0.3 is 9.64 Å². The van der Waals surface area contributed by atoms with Crippen LogP contribution >= 0.6 is 11.8 Å². The van der Waals surface area contributed by atoms with Gasteiger partial charge in [0.1, 0.15) is 5.75 Å². The Labute approximate surface area is 135 Å². The van der Waals surface area contributed by atoms with Crippen molar-refractivity contribution in [2.75, 3.05) is 13.3 Å². The van der Waals surface area contributed by atoms with E-state index in [1.54, 1.807) is 16.7 Å². The van der Waals surface area contributed by atoms with E-state index in [-0.39, 0.29) is 5.91 Å². The Morgan fingerprint density at radius 1 is 1.23 bits per heavy atom. The van der Waals surface area contributed by atoms with Crippen LogP contribution in [0.1, 0.15) is 11.1 Å². The fourth-order valence-corrected chi connectivity index (χ4v) is 3.06. The molecule has 0 saturated heterocycles. The van der Waals surface area contributed by atoms with E-state index in [2.05, 4.69) is 30.5 Å². The standard InChI is InChI=1S/C18H19NO2S/c1-19(12-13-7-9-15(22-2)10-8-13)18(20)17-11-14-5-3-4-6-16(14)21-17/h3-10,17H,11-12H2,1-2H3. The van der Waals surface area contributed by atoms with Crippen LogP contribution < -0.4 is 4.74 Å². The third kappa shape index (κ3) is 3.12. The third-order valence-electron chi connectivity index (χ3n) is 3.88. The van der Waals surface area contributed by atoms with Crippen LogP contribution in [0.15, 0.2) is 53.4 Å². The molecule has 0 saturated carbocycles. The Kier molecular flexibility index (Phi) is 4.39. The SMILES string of the molecule is CSc1ccc(CN(C)C(=O)C2Cc3ccccc3O2)cc1. The van der Waals surface area contributed by atoms with Crippen LogP contribution in [0, 0.1) is 0 Å². The predicted molar refractivity (Wildman–Crippen MR) is 89.3 cm³/mol. The van der Waals surface area contributed by atoms with Crippen LogP contribution in [0.4, 0.5) is 0 Å². The van der Waals surface area contributed by atoms with Crippen LogP contribution in [-0.4, -0.2) is 30.2 Å². The Balaban J connectivity index is 1.63. The molecule has 1 amide bonds. The van der Waals surface area contributed by atoms with Gasteiger partial charge >= 0.3 is 0 Å². The van der Waals surface area contributed by atoms with Crippen molar-refractivity contribution < 1.29 is 9.53 Å². The van der Waals surface area contributed by atoms with Gasteiger partial charge in [-0.15, -0.1) is 11.8 Å². The van der Waals surface area contributed by atoms with E-state index in [9.17, 15) is 4.79 Å². The van der Waals surface area contributed by atoms with Gasteiger partial charge in [0.15, 0.2) is 6.10 Å². The van der Waals surface area contributed by atoms with E-state index in [0.29, 0.717) is 13.0 Å². The smallest absolute Gasteiger partial charge is 0.264 e. The first-order chi connectivity index (χ1) is 10.7. The van der Waals surface area contributed by atoms with Crippen LogP contribution in [0.3, 0.4) is 0 Å². The van der Waals surface area contributed by atoms with Gasteiger partial charge in [0.2, 0.25) is 0 Å². The fourth-order valence-electron chi connectivity index (χ4n) is 2.65. The van der Waals surface area contributed by atoms with Crippen LogP contribution in [0.25, 0.3) is 0 Å². The van der Waals surface area contributed by atoms with Gasteiger partial charge in [-0.05, 0) is 35.6 Å². The molecule has 0 radical (unpaired) electrons. The molecule has 3 nitrogen and oxygen atoms in total. The maximum Gasteiger partial charge on any atom is 0.264 e. The molecule has 0 spiro atoms. The van der Waals surface area contributed by atoms with Crippen molar-refractivity contribution in [1.82, 2.24) is 4.90 Å². The summed E-state index contributed by atoms with van der Waals surface area (Å²) >= 11 is 1.72. The maximum absolute atomic E-state index is 12.5. The molecule has 0 fully saturated rings. The largest absolute Gasteiger partial charge is 0.480 e. The fraction of sp³-hybridized carbons (Fsp3) is 0.278. The van der Waals surface area contributed by atoms with E-state index < -0.39 is 6.10 Å². The average molecular weight is 313 g/mol. The van der Waals surface area contributed by atoms with Crippen LogP contribution in [0.5, 0.6) is 5.75 Å². The number of benzene rings is 2. The zero-order valence-corrected chi connectivity index (χ0v) is 13.6. The molecule has 2 aromatic rings. The number of hydrogen-bond acceptors (Lipinski definition) is 3. The first kappa shape index (κ1) is 15.0. The maximum atomic E-state index is 12.5.